The summed E-state index contributed by atoms with van der Waals surface area (Å²) in [6.45, 7) is 6.29. The van der Waals surface area contributed by atoms with Crippen LogP contribution in [0.15, 0.2) is 25.8 Å². The molecule has 0 aliphatic rings. The van der Waals surface area contributed by atoms with E-state index in [1.165, 1.54) is 19.2 Å². The number of nitrogens with one attached hydrogen (secondary N) is 1. The van der Waals surface area contributed by atoms with Crippen molar-refractivity contribution in [2.24, 2.45) is 10.9 Å². The number of primary amides is 1. The van der Waals surface area contributed by atoms with Crippen molar-refractivity contribution < 1.29 is 26.2 Å². The second-order valence-corrected chi connectivity index (χ2v) is 11.4. The minimum absolute atomic E-state index is 0.0508. The maximum atomic E-state index is 13.3. The van der Waals surface area contributed by atoms with E-state index < -0.39 is 30.8 Å². The summed E-state index contributed by atoms with van der Waals surface area (Å²) in [5.74, 6) is -1.31. The van der Waals surface area contributed by atoms with Gasteiger partial charge in [0.2, 0.25) is 10.0 Å². The maximum absolute atomic E-state index is 13.3. The molecule has 3 aromatic rings. The van der Waals surface area contributed by atoms with E-state index in [4.69, 9.17) is 27.0 Å². The van der Waals surface area contributed by atoms with Gasteiger partial charge in [0, 0.05) is 10.9 Å². The number of carbonyl (C=O) groups is 1. The first-order chi connectivity index (χ1) is 14.7. The summed E-state index contributed by atoms with van der Waals surface area (Å²) in [6.07, 6.45) is 0. The molecule has 2 heterocycles. The number of thiophene rings is 1. The first kappa shape index (κ1) is 24.2. The van der Waals surface area contributed by atoms with Crippen LogP contribution in [0.1, 0.15) is 32.1 Å². The Morgan fingerprint density at radius 2 is 1.75 bits per heavy atom. The Labute approximate surface area is 193 Å². The van der Waals surface area contributed by atoms with Crippen molar-refractivity contribution in [3.05, 3.63) is 43.7 Å². The molecule has 0 unspecified atom stereocenters. The van der Waals surface area contributed by atoms with Crippen LogP contribution in [0.4, 0.5) is 5.88 Å². The summed E-state index contributed by atoms with van der Waals surface area (Å²) in [5, 5.41) is 10.3. The Morgan fingerprint density at radius 3 is 2.25 bits per heavy atom. The van der Waals surface area contributed by atoms with E-state index in [1.807, 2.05) is 0 Å². The van der Waals surface area contributed by atoms with Gasteiger partial charge in [-0.15, -0.1) is 11.3 Å². The topological polar surface area (TPSA) is 175 Å². The molecule has 1 aromatic carbocycles. The van der Waals surface area contributed by atoms with Crippen molar-refractivity contribution in [1.29, 1.82) is 0 Å². The van der Waals surface area contributed by atoms with Crippen LogP contribution in [-0.2, 0) is 20.0 Å². The van der Waals surface area contributed by atoms with Crippen molar-refractivity contribution in [1.82, 2.24) is 5.16 Å². The summed E-state index contributed by atoms with van der Waals surface area (Å²) < 4.78 is 58.1. The van der Waals surface area contributed by atoms with E-state index in [-0.39, 0.29) is 37.5 Å². The van der Waals surface area contributed by atoms with Gasteiger partial charge in [-0.2, -0.15) is 0 Å². The number of nitrogens with two attached hydrogens (primary N) is 2. The number of benzene rings is 1. The largest absolute Gasteiger partial charge is 0.365 e. The highest BCUT2D eigenvalue weighted by Crippen LogP contribution is 2.42. The second kappa shape index (κ2) is 8.15. The summed E-state index contributed by atoms with van der Waals surface area (Å²) >= 11 is 6.83. The number of hydrogen-bond acceptors (Lipinski definition) is 8. The quantitative estimate of drug-likeness (QED) is 0.449. The van der Waals surface area contributed by atoms with Crippen LogP contribution in [0.3, 0.4) is 0 Å². The molecule has 0 aliphatic carbocycles. The molecule has 0 aliphatic heterocycles. The fourth-order valence-electron chi connectivity index (χ4n) is 3.57. The minimum atomic E-state index is -4.46. The van der Waals surface area contributed by atoms with Crippen molar-refractivity contribution in [3.63, 3.8) is 0 Å². The van der Waals surface area contributed by atoms with Crippen LogP contribution in [0.25, 0.3) is 11.1 Å². The number of nitrogens with zero attached hydrogens (tertiary/aromatic N) is 1. The van der Waals surface area contributed by atoms with Crippen molar-refractivity contribution in [2.75, 3.05) is 4.72 Å². The lowest BCUT2D eigenvalue weighted by Crippen LogP contribution is -2.20. The van der Waals surface area contributed by atoms with Gasteiger partial charge in [0.15, 0.2) is 0 Å². The van der Waals surface area contributed by atoms with Crippen molar-refractivity contribution in [3.8, 4) is 11.1 Å². The number of primary sulfonamides is 1. The molecule has 0 saturated carbocycles. The predicted molar refractivity (Wildman–Crippen MR) is 121 cm³/mol. The average Bonchev–Trinajstić information content (AvgIpc) is 3.20. The molecule has 0 bridgehead atoms. The van der Waals surface area contributed by atoms with E-state index in [2.05, 4.69) is 9.88 Å². The van der Waals surface area contributed by atoms with Gasteiger partial charge in [-0.25, -0.2) is 26.7 Å². The smallest absolute Gasteiger partial charge is 0.266 e. The van der Waals surface area contributed by atoms with Gasteiger partial charge in [0.25, 0.3) is 21.8 Å². The third kappa shape index (κ3) is 4.13. The number of halogens is 1. The molecule has 10 nitrogen and oxygen atoms in total. The van der Waals surface area contributed by atoms with Crippen LogP contribution >= 0.6 is 22.9 Å². The van der Waals surface area contributed by atoms with Crippen molar-refractivity contribution in [2.45, 2.75) is 37.5 Å². The molecule has 3 rings (SSSR count). The van der Waals surface area contributed by atoms with E-state index in [0.717, 1.165) is 11.3 Å². The van der Waals surface area contributed by atoms with Gasteiger partial charge >= 0.3 is 0 Å². The third-order valence-corrected chi connectivity index (χ3v) is 8.89. The Morgan fingerprint density at radius 1 is 1.12 bits per heavy atom. The van der Waals surface area contributed by atoms with Crippen LogP contribution in [0.5, 0.6) is 0 Å². The lowest BCUT2D eigenvalue weighted by atomic mass is 9.95. The van der Waals surface area contributed by atoms with Crippen LogP contribution in [0.2, 0.25) is 5.02 Å². The summed E-state index contributed by atoms with van der Waals surface area (Å²) in [4.78, 5) is 11.2. The molecule has 0 atom stereocenters. The average molecular weight is 519 g/mol. The number of carbonyl (C=O) groups excluding carboxylic acids is 1. The normalized spacial score (nSPS) is 12.2. The fraction of sp³-hybridized carbons (Fsp3) is 0.222. The Hall–Kier alpha value is -2.45. The molecule has 0 radical (unpaired) electrons. The van der Waals surface area contributed by atoms with E-state index in [9.17, 15) is 21.6 Å². The number of rotatable bonds is 6. The zero-order chi connectivity index (χ0) is 24.2. The highest BCUT2D eigenvalue weighted by Gasteiger charge is 2.32. The molecule has 1 amide bonds. The summed E-state index contributed by atoms with van der Waals surface area (Å²) in [5.41, 5.74) is 7.29. The van der Waals surface area contributed by atoms with Gasteiger partial charge in [0.1, 0.15) is 20.5 Å². The molecule has 2 aromatic heterocycles. The molecule has 14 heteroatoms. The van der Waals surface area contributed by atoms with E-state index in [1.54, 1.807) is 19.9 Å². The molecular weight excluding hydrogens is 500 g/mol. The molecule has 172 valence electrons. The van der Waals surface area contributed by atoms with E-state index >= 15 is 0 Å². The van der Waals surface area contributed by atoms with Crippen LogP contribution < -0.4 is 15.6 Å². The molecular formula is C18H19ClN4O6S3. The lowest BCUT2D eigenvalue weighted by Gasteiger charge is -2.17. The first-order valence-electron chi connectivity index (χ1n) is 8.86. The van der Waals surface area contributed by atoms with Crippen LogP contribution in [0, 0.1) is 27.7 Å². The maximum Gasteiger partial charge on any atom is 0.266 e. The molecule has 0 spiro atoms. The van der Waals surface area contributed by atoms with Gasteiger partial charge in [0.05, 0.1) is 4.90 Å². The summed E-state index contributed by atoms with van der Waals surface area (Å²) in [6, 6.07) is 1.57. The second-order valence-electron chi connectivity index (χ2n) is 7.07. The molecule has 32 heavy (non-hydrogen) atoms. The number of amides is 1. The zero-order valence-corrected chi connectivity index (χ0v) is 20.5. The molecule has 5 N–H and O–H groups in total. The van der Waals surface area contributed by atoms with Gasteiger partial charge in [-0.3, -0.25) is 4.79 Å². The molecule has 0 saturated heterocycles. The highest BCUT2D eigenvalue weighted by molar-refractivity contribution is 7.93. The number of sulfonamides is 2. The lowest BCUT2D eigenvalue weighted by molar-refractivity contribution is 0.100. The monoisotopic (exact) mass is 518 g/mol. The van der Waals surface area contributed by atoms with Gasteiger partial charge in [-0.05, 0) is 49.9 Å². The number of anilines is 1. The Kier molecular flexibility index (Phi) is 6.17. The highest BCUT2D eigenvalue weighted by atomic mass is 35.5. The third-order valence-electron chi connectivity index (χ3n) is 4.71. The predicted octanol–water partition coefficient (Wildman–Crippen LogP) is 2.84. The Bertz CT molecular complexity index is 1470. The number of aromatic nitrogens is 1. The zero-order valence-electron chi connectivity index (χ0n) is 17.3. The van der Waals surface area contributed by atoms with Gasteiger partial charge in [-0.1, -0.05) is 22.8 Å². The van der Waals surface area contributed by atoms with Crippen molar-refractivity contribution >= 4 is 54.8 Å². The standard InChI is InChI=1S/C18H19ClN4O6S3/c1-7-5-8(2)15(31(21,25)26)9(3)12(7)11-6-30-14(17(20)24)16(11)32(27,28)23-18-13(19)10(4)22-29-18/h5-6,23H,1-4H3,(H2,20,24)(H2,21,25,26). The molecule has 0 fully saturated rings. The first-order valence-corrected chi connectivity index (χ1v) is 13.1. The summed E-state index contributed by atoms with van der Waals surface area (Å²) in [7, 11) is -8.58. The van der Waals surface area contributed by atoms with Gasteiger partial charge < -0.3 is 10.3 Å². The Balaban J connectivity index is 2.35. The minimum Gasteiger partial charge on any atom is -0.365 e. The number of aryl methyl sites for hydroxylation is 3. The SMILES string of the molecule is Cc1cc(C)c(S(N)(=O)=O)c(C)c1-c1csc(C(N)=O)c1S(=O)(=O)Nc1onc(C)c1Cl. The van der Waals surface area contributed by atoms with Crippen LogP contribution in [-0.4, -0.2) is 27.9 Å². The fourth-order valence-corrected chi connectivity index (χ4v) is 7.41. The van der Waals surface area contributed by atoms with E-state index in [0.29, 0.717) is 16.7 Å². The number of hydrogen-bond donors (Lipinski definition) is 3.